The highest BCUT2D eigenvalue weighted by Crippen LogP contribution is 2.35. The van der Waals surface area contributed by atoms with Gasteiger partial charge in [0.25, 0.3) is 5.91 Å². The van der Waals surface area contributed by atoms with E-state index < -0.39 is 0 Å². The minimum absolute atomic E-state index is 0.0556. The number of phenolic OH excluding ortho intramolecular Hbond substituents is 1. The van der Waals surface area contributed by atoms with Crippen LogP contribution in [0.1, 0.15) is 60.8 Å². The van der Waals surface area contributed by atoms with Gasteiger partial charge in [-0.1, -0.05) is 24.3 Å². The van der Waals surface area contributed by atoms with Crippen molar-refractivity contribution in [3.8, 4) is 5.75 Å². The van der Waals surface area contributed by atoms with Gasteiger partial charge in [0.1, 0.15) is 5.75 Å². The summed E-state index contributed by atoms with van der Waals surface area (Å²) in [5.74, 6) is 0.310. The van der Waals surface area contributed by atoms with Crippen molar-refractivity contribution in [2.45, 2.75) is 52.4 Å². The highest BCUT2D eigenvalue weighted by Gasteiger charge is 2.35. The molecular formula is C30H38N4O2. The number of amides is 1. The number of nitrogens with zero attached hydrogens (tertiary/aromatic N) is 4. The normalized spacial score (nSPS) is 19.7. The number of piperazine rings is 1. The van der Waals surface area contributed by atoms with Crippen molar-refractivity contribution in [2.24, 2.45) is 0 Å². The third-order valence-corrected chi connectivity index (χ3v) is 7.32. The lowest BCUT2D eigenvalue weighted by molar-refractivity contribution is 0.0195. The van der Waals surface area contributed by atoms with Gasteiger partial charge in [-0.25, -0.2) is 0 Å². The number of hydrogen-bond acceptors (Lipinski definition) is 5. The molecular weight excluding hydrogens is 448 g/mol. The van der Waals surface area contributed by atoms with Crippen LogP contribution < -0.4 is 0 Å². The van der Waals surface area contributed by atoms with Gasteiger partial charge in [-0.15, -0.1) is 0 Å². The Morgan fingerprint density at radius 2 is 1.64 bits per heavy atom. The van der Waals surface area contributed by atoms with Gasteiger partial charge in [-0.3, -0.25) is 19.6 Å². The summed E-state index contributed by atoms with van der Waals surface area (Å²) in [6, 6.07) is 20.3. The molecule has 1 saturated heterocycles. The molecule has 190 valence electrons. The number of rotatable bonds is 8. The Kier molecular flexibility index (Phi) is 8.39. The summed E-state index contributed by atoms with van der Waals surface area (Å²) in [6.07, 6.45) is 3.70. The van der Waals surface area contributed by atoms with Gasteiger partial charge < -0.3 is 10.0 Å². The number of benzene rings is 2. The predicted octanol–water partition coefficient (Wildman–Crippen LogP) is 4.95. The maximum atomic E-state index is 13.1. The highest BCUT2D eigenvalue weighted by atomic mass is 16.3. The third-order valence-electron chi connectivity index (χ3n) is 7.32. The van der Waals surface area contributed by atoms with Gasteiger partial charge in [-0.2, -0.15) is 0 Å². The number of phenols is 1. The fraction of sp³-hybridized carbons (Fsp3) is 0.400. The second-order valence-corrected chi connectivity index (χ2v) is 9.78. The van der Waals surface area contributed by atoms with Gasteiger partial charge >= 0.3 is 0 Å². The van der Waals surface area contributed by atoms with E-state index in [1.54, 1.807) is 6.07 Å². The van der Waals surface area contributed by atoms with Crippen molar-refractivity contribution in [2.75, 3.05) is 26.2 Å². The zero-order valence-electron chi connectivity index (χ0n) is 21.8. The zero-order chi connectivity index (χ0) is 25.7. The Labute approximate surface area is 215 Å². The van der Waals surface area contributed by atoms with Crippen LogP contribution in [0.5, 0.6) is 5.75 Å². The predicted molar refractivity (Wildman–Crippen MR) is 144 cm³/mol. The van der Waals surface area contributed by atoms with Crippen molar-refractivity contribution in [1.29, 1.82) is 0 Å². The van der Waals surface area contributed by atoms with E-state index in [1.807, 2.05) is 61.5 Å². The Bertz CT molecular complexity index is 1150. The number of pyridine rings is 1. The second-order valence-electron chi connectivity index (χ2n) is 9.78. The largest absolute Gasteiger partial charge is 0.508 e. The fourth-order valence-corrected chi connectivity index (χ4v) is 5.33. The van der Waals surface area contributed by atoms with Crippen LogP contribution in [0.2, 0.25) is 0 Å². The molecule has 1 aromatic heterocycles. The Morgan fingerprint density at radius 1 is 0.972 bits per heavy atom. The molecule has 0 radical (unpaired) electrons. The Balaban J connectivity index is 1.66. The van der Waals surface area contributed by atoms with Gasteiger partial charge in [0.05, 0.1) is 6.04 Å². The lowest BCUT2D eigenvalue weighted by atomic mass is 9.92. The van der Waals surface area contributed by atoms with E-state index in [0.717, 1.165) is 30.8 Å². The molecule has 0 aliphatic carbocycles. The van der Waals surface area contributed by atoms with Crippen LogP contribution in [0.4, 0.5) is 0 Å². The van der Waals surface area contributed by atoms with E-state index in [9.17, 15) is 9.90 Å². The second kappa shape index (κ2) is 11.7. The van der Waals surface area contributed by atoms with Gasteiger partial charge in [0, 0.05) is 62.8 Å². The number of carbonyl (C=O) groups excluding carboxylic acids is 1. The lowest BCUT2D eigenvalue weighted by Crippen LogP contribution is -2.56. The molecule has 1 unspecified atom stereocenters. The van der Waals surface area contributed by atoms with Crippen LogP contribution in [0.3, 0.4) is 0 Å². The SMILES string of the molecule is CCN(CC)C(=O)c1cccc(C(c2cccc(O)c2)N2C[C@@H](C)N(Cc3ccncc3)C[C@@H]2C)c1. The van der Waals surface area contributed by atoms with Gasteiger partial charge in [0.15, 0.2) is 0 Å². The van der Waals surface area contributed by atoms with Crippen molar-refractivity contribution in [3.05, 3.63) is 95.3 Å². The third kappa shape index (κ3) is 5.77. The summed E-state index contributed by atoms with van der Waals surface area (Å²) >= 11 is 0. The molecule has 0 saturated carbocycles. The summed E-state index contributed by atoms with van der Waals surface area (Å²) < 4.78 is 0. The van der Waals surface area contributed by atoms with E-state index in [4.69, 9.17) is 0 Å². The minimum Gasteiger partial charge on any atom is -0.508 e. The summed E-state index contributed by atoms with van der Waals surface area (Å²) in [5.41, 5.74) is 4.08. The van der Waals surface area contributed by atoms with E-state index in [-0.39, 0.29) is 23.7 Å². The Morgan fingerprint density at radius 3 is 2.31 bits per heavy atom. The zero-order valence-corrected chi connectivity index (χ0v) is 21.8. The first kappa shape index (κ1) is 25.9. The van der Waals surface area contributed by atoms with E-state index in [2.05, 4.69) is 52.9 Å². The van der Waals surface area contributed by atoms with Crippen LogP contribution in [-0.2, 0) is 6.54 Å². The quantitative estimate of drug-likeness (QED) is 0.488. The number of carbonyl (C=O) groups is 1. The maximum absolute atomic E-state index is 13.1. The van der Waals surface area contributed by atoms with Crippen LogP contribution in [0, 0.1) is 0 Å². The van der Waals surface area contributed by atoms with E-state index >= 15 is 0 Å². The van der Waals surface area contributed by atoms with Crippen LogP contribution >= 0.6 is 0 Å². The average molecular weight is 487 g/mol. The van der Waals surface area contributed by atoms with E-state index in [1.165, 1.54) is 5.56 Å². The molecule has 1 amide bonds. The van der Waals surface area contributed by atoms with Crippen LogP contribution in [0.25, 0.3) is 0 Å². The van der Waals surface area contributed by atoms with E-state index in [0.29, 0.717) is 24.7 Å². The molecule has 6 nitrogen and oxygen atoms in total. The highest BCUT2D eigenvalue weighted by molar-refractivity contribution is 5.94. The molecule has 1 aliphatic heterocycles. The van der Waals surface area contributed by atoms with Crippen molar-refractivity contribution >= 4 is 5.91 Å². The van der Waals surface area contributed by atoms with Crippen LogP contribution in [-0.4, -0.2) is 69.0 Å². The number of hydrogen-bond donors (Lipinski definition) is 1. The molecule has 0 spiro atoms. The summed E-state index contributed by atoms with van der Waals surface area (Å²) in [5, 5.41) is 10.3. The maximum Gasteiger partial charge on any atom is 0.253 e. The van der Waals surface area contributed by atoms with Crippen molar-refractivity contribution < 1.29 is 9.90 Å². The van der Waals surface area contributed by atoms with Gasteiger partial charge in [-0.05, 0) is 80.8 Å². The number of aromatic nitrogens is 1. The molecule has 2 heterocycles. The first-order valence-corrected chi connectivity index (χ1v) is 13.0. The monoisotopic (exact) mass is 486 g/mol. The molecule has 3 aromatic rings. The molecule has 1 N–H and O–H groups in total. The average Bonchev–Trinajstić information content (AvgIpc) is 2.88. The van der Waals surface area contributed by atoms with Crippen molar-refractivity contribution in [3.63, 3.8) is 0 Å². The minimum atomic E-state index is -0.0675. The molecule has 36 heavy (non-hydrogen) atoms. The topological polar surface area (TPSA) is 59.9 Å². The Hall–Kier alpha value is -3.22. The standard InChI is InChI=1S/C30H38N4O2/c1-5-32(6-2)30(36)27-11-7-9-25(17-27)29(26-10-8-12-28(35)18-26)34-20-22(3)33(19-23(34)4)21-24-13-15-31-16-14-24/h7-18,22-23,29,35H,5-6,19-21H2,1-4H3/t22-,23+,29?/m1/s1. The summed E-state index contributed by atoms with van der Waals surface area (Å²) in [7, 11) is 0. The fourth-order valence-electron chi connectivity index (χ4n) is 5.33. The molecule has 1 aliphatic rings. The molecule has 2 aromatic carbocycles. The summed E-state index contributed by atoms with van der Waals surface area (Å²) in [4.78, 5) is 24.2. The smallest absolute Gasteiger partial charge is 0.253 e. The number of aromatic hydroxyl groups is 1. The lowest BCUT2D eigenvalue weighted by Gasteiger charge is -2.47. The van der Waals surface area contributed by atoms with Gasteiger partial charge in [0.2, 0.25) is 0 Å². The van der Waals surface area contributed by atoms with Crippen LogP contribution in [0.15, 0.2) is 73.1 Å². The molecule has 6 heteroatoms. The molecule has 3 atom stereocenters. The van der Waals surface area contributed by atoms with Crippen molar-refractivity contribution in [1.82, 2.24) is 19.7 Å². The molecule has 0 bridgehead atoms. The first-order valence-electron chi connectivity index (χ1n) is 13.0. The summed E-state index contributed by atoms with van der Waals surface area (Å²) in [6.45, 7) is 12.6. The molecule has 1 fully saturated rings. The molecule has 4 rings (SSSR count). The first-order chi connectivity index (χ1) is 17.4.